The van der Waals surface area contributed by atoms with Crippen LogP contribution in [0.2, 0.25) is 0 Å². The van der Waals surface area contributed by atoms with Gasteiger partial charge in [0.2, 0.25) is 0 Å². The number of benzene rings is 2. The van der Waals surface area contributed by atoms with Gasteiger partial charge in [-0.15, -0.1) is 0 Å². The van der Waals surface area contributed by atoms with E-state index in [2.05, 4.69) is 52.8 Å². The summed E-state index contributed by atoms with van der Waals surface area (Å²) in [6, 6.07) is 17.9. The molecule has 0 spiro atoms. The van der Waals surface area contributed by atoms with E-state index in [9.17, 15) is 4.79 Å². The molecule has 0 saturated carbocycles. The molecule has 1 aliphatic rings. The zero-order valence-corrected chi connectivity index (χ0v) is 13.8. The Balaban J connectivity index is 1.57. The van der Waals surface area contributed by atoms with Gasteiger partial charge in [-0.05, 0) is 59.4 Å². The second kappa shape index (κ2) is 6.73. The van der Waals surface area contributed by atoms with Crippen LogP contribution in [0.5, 0.6) is 0 Å². The average Bonchev–Trinajstić information content (AvgIpc) is 2.69. The molecule has 0 atom stereocenters. The number of amides is 1. The second-order valence-electron chi connectivity index (χ2n) is 6.09. The van der Waals surface area contributed by atoms with E-state index in [1.807, 2.05) is 12.1 Å². The van der Waals surface area contributed by atoms with E-state index >= 15 is 0 Å². The number of fused-ring (bicyclic) bond motifs is 1. The summed E-state index contributed by atoms with van der Waals surface area (Å²) in [6.45, 7) is 0. The predicted molar refractivity (Wildman–Crippen MR) is 101 cm³/mol. The first kappa shape index (κ1) is 15.3. The Morgan fingerprint density at radius 1 is 0.960 bits per heavy atom. The van der Waals surface area contributed by atoms with E-state index in [4.69, 9.17) is 0 Å². The zero-order valence-electron chi connectivity index (χ0n) is 13.8. The van der Waals surface area contributed by atoms with Crippen molar-refractivity contribution in [1.29, 1.82) is 0 Å². The minimum absolute atomic E-state index is 0.129. The number of hydrogen-bond acceptors (Lipinski definition) is 2. The smallest absolute Gasteiger partial charge is 0.255 e. The monoisotopic (exact) mass is 326 g/mol. The first-order valence-electron chi connectivity index (χ1n) is 8.41. The molecule has 25 heavy (non-hydrogen) atoms. The van der Waals surface area contributed by atoms with Crippen LogP contribution in [0.3, 0.4) is 0 Å². The summed E-state index contributed by atoms with van der Waals surface area (Å²) >= 11 is 0. The minimum atomic E-state index is -0.129. The topological polar surface area (TPSA) is 42.0 Å². The van der Waals surface area contributed by atoms with Crippen LogP contribution < -0.4 is 5.32 Å². The molecule has 122 valence electrons. The molecule has 3 nitrogen and oxygen atoms in total. The number of nitrogens with one attached hydrogen (secondary N) is 1. The number of nitrogens with zero attached hydrogens (tertiary/aromatic N) is 1. The lowest BCUT2D eigenvalue weighted by atomic mass is 9.90. The molecule has 1 aromatic heterocycles. The second-order valence-corrected chi connectivity index (χ2v) is 6.09. The number of carbonyl (C=O) groups is 1. The lowest BCUT2D eigenvalue weighted by molar-refractivity contribution is 0.102. The molecular weight excluding hydrogens is 308 g/mol. The van der Waals surface area contributed by atoms with Crippen LogP contribution in [0.1, 0.15) is 27.9 Å². The maximum atomic E-state index is 12.2. The van der Waals surface area contributed by atoms with E-state index < -0.39 is 0 Å². The highest BCUT2D eigenvalue weighted by Crippen LogP contribution is 2.31. The van der Waals surface area contributed by atoms with Crippen molar-refractivity contribution in [1.82, 2.24) is 4.98 Å². The van der Waals surface area contributed by atoms with Crippen LogP contribution in [0.4, 0.5) is 5.69 Å². The van der Waals surface area contributed by atoms with Crippen LogP contribution in [0.25, 0.3) is 17.2 Å². The highest BCUT2D eigenvalue weighted by molar-refractivity contribution is 6.04. The normalized spacial score (nSPS) is 12.5. The molecule has 0 aliphatic heterocycles. The Morgan fingerprint density at radius 3 is 2.56 bits per heavy atom. The SMILES string of the molecule is O=C(Nc1ccc(-c2cccc3c2C=CCC3)cc1)c1ccncc1. The van der Waals surface area contributed by atoms with Crippen LogP contribution in [0, 0.1) is 0 Å². The Kier molecular flexibility index (Phi) is 4.13. The zero-order chi connectivity index (χ0) is 17.1. The van der Waals surface area contributed by atoms with Gasteiger partial charge in [0.05, 0.1) is 0 Å². The van der Waals surface area contributed by atoms with Gasteiger partial charge in [0, 0.05) is 23.6 Å². The van der Waals surface area contributed by atoms with Gasteiger partial charge >= 0.3 is 0 Å². The number of hydrogen-bond donors (Lipinski definition) is 1. The van der Waals surface area contributed by atoms with Gasteiger partial charge in [-0.3, -0.25) is 9.78 Å². The number of aromatic nitrogens is 1. The molecule has 1 aliphatic carbocycles. The lowest BCUT2D eigenvalue weighted by Gasteiger charge is -2.15. The third kappa shape index (κ3) is 3.22. The summed E-state index contributed by atoms with van der Waals surface area (Å²) in [5.41, 5.74) is 6.48. The van der Waals surface area contributed by atoms with Crippen LogP contribution in [-0.4, -0.2) is 10.9 Å². The third-order valence-electron chi connectivity index (χ3n) is 4.46. The molecule has 0 unspecified atom stereocenters. The number of aryl methyl sites for hydroxylation is 1. The largest absolute Gasteiger partial charge is 0.322 e. The molecule has 0 fully saturated rings. The summed E-state index contributed by atoms with van der Waals surface area (Å²) in [5, 5.41) is 2.92. The van der Waals surface area contributed by atoms with Gasteiger partial charge < -0.3 is 5.32 Å². The van der Waals surface area contributed by atoms with Crippen molar-refractivity contribution in [2.45, 2.75) is 12.8 Å². The quantitative estimate of drug-likeness (QED) is 0.739. The van der Waals surface area contributed by atoms with E-state index in [0.29, 0.717) is 5.56 Å². The summed E-state index contributed by atoms with van der Waals surface area (Å²) in [7, 11) is 0. The minimum Gasteiger partial charge on any atom is -0.322 e. The Morgan fingerprint density at radius 2 is 1.76 bits per heavy atom. The first-order valence-corrected chi connectivity index (χ1v) is 8.41. The fourth-order valence-electron chi connectivity index (χ4n) is 3.16. The Bertz CT molecular complexity index is 928. The van der Waals surface area contributed by atoms with Crippen molar-refractivity contribution in [2.75, 3.05) is 5.32 Å². The number of pyridine rings is 1. The van der Waals surface area contributed by atoms with E-state index in [1.54, 1.807) is 24.5 Å². The van der Waals surface area contributed by atoms with Gasteiger partial charge in [0.1, 0.15) is 0 Å². The highest BCUT2D eigenvalue weighted by Gasteiger charge is 2.11. The van der Waals surface area contributed by atoms with Crippen molar-refractivity contribution in [3.05, 3.63) is 89.8 Å². The Labute approximate surface area is 147 Å². The lowest BCUT2D eigenvalue weighted by Crippen LogP contribution is -2.11. The van der Waals surface area contributed by atoms with Gasteiger partial charge in [-0.1, -0.05) is 42.5 Å². The molecule has 1 heterocycles. The molecule has 3 heteroatoms. The first-order chi connectivity index (χ1) is 12.3. The third-order valence-corrected chi connectivity index (χ3v) is 4.46. The molecule has 0 bridgehead atoms. The highest BCUT2D eigenvalue weighted by atomic mass is 16.1. The fourth-order valence-corrected chi connectivity index (χ4v) is 3.16. The van der Waals surface area contributed by atoms with Crippen LogP contribution in [-0.2, 0) is 6.42 Å². The standard InChI is InChI=1S/C22H18N2O/c25-22(18-12-14-23-15-13-18)24-19-10-8-17(9-11-19)21-7-3-5-16-4-1-2-6-20(16)21/h2-3,5-15H,1,4H2,(H,24,25). The predicted octanol–water partition coefficient (Wildman–Crippen LogP) is 4.96. The maximum absolute atomic E-state index is 12.2. The molecule has 2 aromatic carbocycles. The number of anilines is 1. The summed E-state index contributed by atoms with van der Waals surface area (Å²) in [4.78, 5) is 16.1. The fraction of sp³-hybridized carbons (Fsp3) is 0.0909. The van der Waals surface area contributed by atoms with Crippen LogP contribution in [0.15, 0.2) is 73.1 Å². The average molecular weight is 326 g/mol. The van der Waals surface area contributed by atoms with Gasteiger partial charge in [-0.25, -0.2) is 0 Å². The molecule has 0 saturated heterocycles. The summed E-state index contributed by atoms with van der Waals surface area (Å²) in [6.07, 6.45) is 9.88. The van der Waals surface area contributed by atoms with Crippen molar-refractivity contribution >= 4 is 17.7 Å². The van der Waals surface area contributed by atoms with Gasteiger partial charge in [0.25, 0.3) is 5.91 Å². The van der Waals surface area contributed by atoms with Crippen LogP contribution >= 0.6 is 0 Å². The van der Waals surface area contributed by atoms with Crippen molar-refractivity contribution in [3.8, 4) is 11.1 Å². The number of carbonyl (C=O) groups excluding carboxylic acids is 1. The molecule has 0 radical (unpaired) electrons. The number of allylic oxidation sites excluding steroid dienone is 1. The van der Waals surface area contributed by atoms with Gasteiger partial charge in [0.15, 0.2) is 0 Å². The van der Waals surface area contributed by atoms with Crippen molar-refractivity contribution < 1.29 is 4.79 Å². The van der Waals surface area contributed by atoms with E-state index in [1.165, 1.54) is 16.7 Å². The van der Waals surface area contributed by atoms with Gasteiger partial charge in [-0.2, -0.15) is 0 Å². The van der Waals surface area contributed by atoms with Crippen molar-refractivity contribution in [3.63, 3.8) is 0 Å². The molecule has 1 amide bonds. The van der Waals surface area contributed by atoms with E-state index in [0.717, 1.165) is 24.1 Å². The maximum Gasteiger partial charge on any atom is 0.255 e. The molecule has 3 aromatic rings. The molecule has 1 N–H and O–H groups in total. The summed E-state index contributed by atoms with van der Waals surface area (Å²) in [5.74, 6) is -0.129. The Hall–Kier alpha value is -3.20. The molecule has 4 rings (SSSR count). The van der Waals surface area contributed by atoms with Crippen molar-refractivity contribution in [2.24, 2.45) is 0 Å². The molecular formula is C22H18N2O. The van der Waals surface area contributed by atoms with E-state index in [-0.39, 0.29) is 5.91 Å². The number of rotatable bonds is 3. The summed E-state index contributed by atoms with van der Waals surface area (Å²) < 4.78 is 0.